The summed E-state index contributed by atoms with van der Waals surface area (Å²) in [6.07, 6.45) is 0. The maximum absolute atomic E-state index is 5.59. The zero-order valence-corrected chi connectivity index (χ0v) is 15.1. The molecule has 1 nitrogen and oxygen atoms in total. The molecule has 0 heterocycles. The first-order chi connectivity index (χ1) is 11.7. The Morgan fingerprint density at radius 2 is 1.17 bits per heavy atom. The molecule has 0 N–H and O–H groups in total. The Labute approximate surface area is 147 Å². The van der Waals surface area contributed by atoms with Crippen LogP contribution in [-0.2, 0) is 9.84 Å². The molecule has 0 aliphatic carbocycles. The molecule has 0 amide bonds. The molecule has 0 saturated heterocycles. The van der Waals surface area contributed by atoms with Gasteiger partial charge in [0, 0.05) is 0 Å². The summed E-state index contributed by atoms with van der Waals surface area (Å²) >= 11 is 0. The van der Waals surface area contributed by atoms with Gasteiger partial charge in [0.05, 0.1) is 12.0 Å². The van der Waals surface area contributed by atoms with E-state index in [0.29, 0.717) is 6.61 Å². The van der Waals surface area contributed by atoms with E-state index in [1.54, 1.807) is 0 Å². The molecule has 3 aromatic carbocycles. The number of hydrogen-bond donors (Lipinski definition) is 0. The minimum absolute atomic E-state index is 0.361. The van der Waals surface area contributed by atoms with Gasteiger partial charge < -0.3 is 4.43 Å². The zero-order valence-electron chi connectivity index (χ0n) is 14.1. The van der Waals surface area contributed by atoms with Crippen molar-refractivity contribution in [1.29, 1.82) is 0 Å². The lowest BCUT2D eigenvalue weighted by Crippen LogP contribution is -2.36. The maximum Gasteiger partial charge on any atom is 0.246 e. The van der Waals surface area contributed by atoms with Crippen LogP contribution in [0, 0.1) is 13.8 Å². The average molecular weight is 329 g/mol. The molecule has 24 heavy (non-hydrogen) atoms. The average Bonchev–Trinajstić information content (AvgIpc) is 2.62. The van der Waals surface area contributed by atoms with Crippen LogP contribution in [0.2, 0.25) is 0 Å². The van der Waals surface area contributed by atoms with Gasteiger partial charge in [0.25, 0.3) is 0 Å². The van der Waals surface area contributed by atoms with E-state index in [1.165, 1.54) is 27.8 Å². The third kappa shape index (κ3) is 2.83. The van der Waals surface area contributed by atoms with Gasteiger partial charge in [-0.2, -0.15) is 0 Å². The Balaban J connectivity index is 2.39. The first-order valence-corrected chi connectivity index (χ1v) is 8.57. The Kier molecular flexibility index (Phi) is 4.98. The standard InChI is InChI=1S/C22H21OSi/c1-17-10-6-8-14-20(17)22(16-23-24,19-12-4-3-5-13-19)21-15-9-7-11-18(21)2/h3-15H,16H2,1-2H3. The van der Waals surface area contributed by atoms with Gasteiger partial charge in [-0.05, 0) is 41.7 Å². The van der Waals surface area contributed by atoms with Gasteiger partial charge in [-0.15, -0.1) is 0 Å². The van der Waals surface area contributed by atoms with Crippen LogP contribution in [0.15, 0.2) is 78.9 Å². The van der Waals surface area contributed by atoms with Crippen LogP contribution in [0.4, 0.5) is 0 Å². The van der Waals surface area contributed by atoms with E-state index in [4.69, 9.17) is 4.43 Å². The molecular formula is C22H21OSi. The smallest absolute Gasteiger partial charge is 0.246 e. The molecule has 0 aliphatic heterocycles. The molecule has 3 aromatic rings. The lowest BCUT2D eigenvalue weighted by molar-refractivity contribution is 0.288. The minimum atomic E-state index is -0.361. The second-order valence-corrected chi connectivity index (χ2v) is 6.48. The van der Waals surface area contributed by atoms with Gasteiger partial charge in [-0.25, -0.2) is 0 Å². The highest BCUT2D eigenvalue weighted by Gasteiger charge is 2.38. The molecule has 3 rings (SSSR count). The minimum Gasteiger partial charge on any atom is -0.417 e. The molecule has 119 valence electrons. The van der Waals surface area contributed by atoms with Crippen LogP contribution in [-0.4, -0.2) is 17.1 Å². The van der Waals surface area contributed by atoms with Crippen molar-refractivity contribution in [1.82, 2.24) is 0 Å². The van der Waals surface area contributed by atoms with Crippen molar-refractivity contribution in [2.24, 2.45) is 0 Å². The van der Waals surface area contributed by atoms with E-state index < -0.39 is 0 Å². The van der Waals surface area contributed by atoms with Crippen LogP contribution in [0.5, 0.6) is 0 Å². The summed E-state index contributed by atoms with van der Waals surface area (Å²) in [6, 6.07) is 27.7. The number of hydrogen-bond acceptors (Lipinski definition) is 1. The van der Waals surface area contributed by atoms with Gasteiger partial charge in [0.15, 0.2) is 0 Å². The van der Waals surface area contributed by atoms with Gasteiger partial charge >= 0.3 is 0 Å². The van der Waals surface area contributed by atoms with Crippen molar-refractivity contribution in [2.45, 2.75) is 19.3 Å². The molecule has 0 aliphatic rings. The van der Waals surface area contributed by atoms with E-state index in [1.807, 2.05) is 0 Å². The summed E-state index contributed by atoms with van der Waals surface area (Å²) in [4.78, 5) is 0. The van der Waals surface area contributed by atoms with Crippen molar-refractivity contribution in [2.75, 3.05) is 6.61 Å². The Morgan fingerprint density at radius 1 is 0.708 bits per heavy atom. The van der Waals surface area contributed by atoms with Crippen molar-refractivity contribution < 1.29 is 4.43 Å². The van der Waals surface area contributed by atoms with Crippen molar-refractivity contribution >= 4 is 10.5 Å². The molecule has 0 atom stereocenters. The van der Waals surface area contributed by atoms with Crippen molar-refractivity contribution in [3.8, 4) is 0 Å². The Hall–Kier alpha value is -2.16. The van der Waals surface area contributed by atoms with Crippen LogP contribution in [0.25, 0.3) is 0 Å². The predicted octanol–water partition coefficient (Wildman–Crippen LogP) is 4.74. The number of aryl methyl sites for hydroxylation is 2. The quantitative estimate of drug-likeness (QED) is 0.485. The summed E-state index contributed by atoms with van der Waals surface area (Å²) in [7, 11) is 3.28. The molecular weight excluding hydrogens is 308 g/mol. The fourth-order valence-electron chi connectivity index (χ4n) is 3.63. The fourth-order valence-corrected chi connectivity index (χ4v) is 3.85. The molecule has 0 unspecified atom stereocenters. The van der Waals surface area contributed by atoms with Crippen LogP contribution in [0.3, 0.4) is 0 Å². The van der Waals surface area contributed by atoms with Crippen LogP contribution < -0.4 is 0 Å². The van der Waals surface area contributed by atoms with Gasteiger partial charge in [0.2, 0.25) is 10.5 Å². The highest BCUT2D eigenvalue weighted by molar-refractivity contribution is 5.98. The fraction of sp³-hybridized carbons (Fsp3) is 0.182. The monoisotopic (exact) mass is 329 g/mol. The second-order valence-electron chi connectivity index (χ2n) is 6.19. The maximum atomic E-state index is 5.59. The summed E-state index contributed by atoms with van der Waals surface area (Å²) in [5.74, 6) is 0. The van der Waals surface area contributed by atoms with Gasteiger partial charge in [0.1, 0.15) is 0 Å². The summed E-state index contributed by atoms with van der Waals surface area (Å²) in [6.45, 7) is 4.85. The number of rotatable bonds is 5. The largest absolute Gasteiger partial charge is 0.417 e. The highest BCUT2D eigenvalue weighted by atomic mass is 28.2. The molecule has 0 aromatic heterocycles. The SMILES string of the molecule is Cc1ccccc1C(CO[Si])(c1ccccc1)c1ccccc1C. The predicted molar refractivity (Wildman–Crippen MR) is 100 cm³/mol. The van der Waals surface area contributed by atoms with E-state index in [-0.39, 0.29) is 5.41 Å². The molecule has 0 bridgehead atoms. The molecule has 3 radical (unpaired) electrons. The molecule has 0 spiro atoms. The van der Waals surface area contributed by atoms with E-state index in [9.17, 15) is 0 Å². The number of benzene rings is 3. The highest BCUT2D eigenvalue weighted by Crippen LogP contribution is 2.42. The first kappa shape index (κ1) is 16.7. The van der Waals surface area contributed by atoms with Crippen molar-refractivity contribution in [3.63, 3.8) is 0 Å². The normalized spacial score (nSPS) is 11.5. The lowest BCUT2D eigenvalue weighted by Gasteiger charge is -2.37. The van der Waals surface area contributed by atoms with Crippen LogP contribution in [0.1, 0.15) is 27.8 Å². The van der Waals surface area contributed by atoms with Gasteiger partial charge in [-0.1, -0.05) is 78.9 Å². The Morgan fingerprint density at radius 3 is 1.62 bits per heavy atom. The topological polar surface area (TPSA) is 9.23 Å². The summed E-state index contributed by atoms with van der Waals surface area (Å²) in [5, 5.41) is 0. The third-order valence-corrected chi connectivity index (χ3v) is 4.91. The van der Waals surface area contributed by atoms with E-state index in [2.05, 4.69) is 103 Å². The molecule has 2 heteroatoms. The lowest BCUT2D eigenvalue weighted by atomic mass is 9.67. The van der Waals surface area contributed by atoms with E-state index in [0.717, 1.165) is 0 Å². The van der Waals surface area contributed by atoms with Crippen molar-refractivity contribution in [3.05, 3.63) is 107 Å². The van der Waals surface area contributed by atoms with E-state index >= 15 is 0 Å². The molecule has 0 saturated carbocycles. The van der Waals surface area contributed by atoms with Gasteiger partial charge in [-0.3, -0.25) is 0 Å². The first-order valence-electron chi connectivity index (χ1n) is 8.16. The summed E-state index contributed by atoms with van der Waals surface area (Å²) in [5.41, 5.74) is 5.92. The van der Waals surface area contributed by atoms with Crippen LogP contribution >= 0.6 is 0 Å². The zero-order chi connectivity index (χ0) is 17.0. The third-order valence-electron chi connectivity index (χ3n) is 4.76. The second kappa shape index (κ2) is 7.16. The summed E-state index contributed by atoms with van der Waals surface area (Å²) < 4.78 is 5.59. The Bertz CT molecular complexity index is 765. The molecule has 0 fully saturated rings.